The summed E-state index contributed by atoms with van der Waals surface area (Å²) in [5.74, 6) is -0.414. The van der Waals surface area contributed by atoms with E-state index in [9.17, 15) is 9.90 Å². The molecule has 1 aliphatic rings. The Labute approximate surface area is 119 Å². The van der Waals surface area contributed by atoms with E-state index in [1.807, 2.05) is 4.90 Å². The van der Waals surface area contributed by atoms with Gasteiger partial charge in [0, 0.05) is 26.2 Å². The Morgan fingerprint density at radius 1 is 1.20 bits per heavy atom. The lowest BCUT2D eigenvalue weighted by atomic mass is 10.1. The van der Waals surface area contributed by atoms with Crippen molar-refractivity contribution >= 4 is 11.8 Å². The molecule has 6 nitrogen and oxygen atoms in total. The van der Waals surface area contributed by atoms with Gasteiger partial charge >= 0.3 is 5.97 Å². The summed E-state index contributed by atoms with van der Waals surface area (Å²) in [6, 6.07) is 0. The number of nitrogens with zero attached hydrogens (tertiary/aromatic N) is 4. The first-order valence-electron chi connectivity index (χ1n) is 7.09. The molecule has 1 aromatic heterocycles. The summed E-state index contributed by atoms with van der Waals surface area (Å²) in [6.07, 6.45) is 1.14. The van der Waals surface area contributed by atoms with Crippen LogP contribution in [0.2, 0.25) is 0 Å². The van der Waals surface area contributed by atoms with Gasteiger partial charge in [-0.1, -0.05) is 6.92 Å². The Bertz CT molecular complexity index is 496. The standard InChI is InChI=1S/C14H22N4O2/c1-4-5-17-6-8-18(9-7-17)13-12(14(19)20)10(2)11(3)15-16-13/h4-9H2,1-3H3,(H,19,20). The number of piperazine rings is 1. The summed E-state index contributed by atoms with van der Waals surface area (Å²) in [4.78, 5) is 15.9. The monoisotopic (exact) mass is 278 g/mol. The van der Waals surface area contributed by atoms with E-state index < -0.39 is 5.97 Å². The van der Waals surface area contributed by atoms with Crippen LogP contribution in [0.4, 0.5) is 5.82 Å². The molecule has 20 heavy (non-hydrogen) atoms. The molecule has 0 aromatic carbocycles. The van der Waals surface area contributed by atoms with Gasteiger partial charge in [0.15, 0.2) is 5.82 Å². The van der Waals surface area contributed by atoms with Gasteiger partial charge in [0.05, 0.1) is 5.69 Å². The summed E-state index contributed by atoms with van der Waals surface area (Å²) in [6.45, 7) is 10.3. The molecule has 0 saturated carbocycles. The van der Waals surface area contributed by atoms with Gasteiger partial charge in [0.2, 0.25) is 0 Å². The number of rotatable bonds is 4. The molecule has 110 valence electrons. The number of aromatic nitrogens is 2. The van der Waals surface area contributed by atoms with Crippen LogP contribution in [0.1, 0.15) is 35.0 Å². The van der Waals surface area contributed by atoms with E-state index in [2.05, 4.69) is 22.0 Å². The van der Waals surface area contributed by atoms with Crippen molar-refractivity contribution in [1.29, 1.82) is 0 Å². The Morgan fingerprint density at radius 3 is 2.40 bits per heavy atom. The number of aryl methyl sites for hydroxylation is 1. The number of aromatic carboxylic acids is 1. The third kappa shape index (κ3) is 2.90. The fraction of sp³-hybridized carbons (Fsp3) is 0.643. The van der Waals surface area contributed by atoms with Crippen LogP contribution in [-0.2, 0) is 0 Å². The van der Waals surface area contributed by atoms with Gasteiger partial charge in [-0.2, -0.15) is 5.10 Å². The molecule has 6 heteroatoms. The van der Waals surface area contributed by atoms with Crippen molar-refractivity contribution in [2.75, 3.05) is 37.6 Å². The second kappa shape index (κ2) is 6.17. The smallest absolute Gasteiger partial charge is 0.339 e. The quantitative estimate of drug-likeness (QED) is 0.896. The minimum Gasteiger partial charge on any atom is -0.478 e. The van der Waals surface area contributed by atoms with Crippen molar-refractivity contribution < 1.29 is 9.90 Å². The van der Waals surface area contributed by atoms with Crippen LogP contribution in [0.15, 0.2) is 0 Å². The van der Waals surface area contributed by atoms with Gasteiger partial charge in [0.1, 0.15) is 5.56 Å². The van der Waals surface area contributed by atoms with Crippen molar-refractivity contribution in [2.45, 2.75) is 27.2 Å². The van der Waals surface area contributed by atoms with E-state index in [4.69, 9.17) is 0 Å². The van der Waals surface area contributed by atoms with Crippen molar-refractivity contribution in [2.24, 2.45) is 0 Å². The molecule has 1 aromatic rings. The molecule has 2 rings (SSSR count). The van der Waals surface area contributed by atoms with Gasteiger partial charge in [-0.3, -0.25) is 4.90 Å². The van der Waals surface area contributed by atoms with E-state index in [1.54, 1.807) is 13.8 Å². The first kappa shape index (κ1) is 14.7. The molecule has 0 atom stereocenters. The highest BCUT2D eigenvalue weighted by Gasteiger charge is 2.25. The van der Waals surface area contributed by atoms with Gasteiger partial charge in [0.25, 0.3) is 0 Å². The third-order valence-corrected chi connectivity index (χ3v) is 3.86. The van der Waals surface area contributed by atoms with E-state index in [1.165, 1.54) is 0 Å². The van der Waals surface area contributed by atoms with Gasteiger partial charge < -0.3 is 10.0 Å². The van der Waals surface area contributed by atoms with Crippen LogP contribution < -0.4 is 4.90 Å². The molecule has 1 fully saturated rings. The number of anilines is 1. The fourth-order valence-electron chi connectivity index (χ4n) is 2.57. The molecular weight excluding hydrogens is 256 g/mol. The zero-order valence-corrected chi connectivity index (χ0v) is 12.4. The summed E-state index contributed by atoms with van der Waals surface area (Å²) in [7, 11) is 0. The highest BCUT2D eigenvalue weighted by molar-refractivity contribution is 5.95. The number of carboxylic acids is 1. The minimum absolute atomic E-state index is 0.293. The molecule has 0 aliphatic carbocycles. The second-order valence-corrected chi connectivity index (χ2v) is 5.24. The van der Waals surface area contributed by atoms with Crippen LogP contribution in [0, 0.1) is 13.8 Å². The molecule has 1 N–H and O–H groups in total. The minimum atomic E-state index is -0.925. The van der Waals surface area contributed by atoms with Crippen LogP contribution in [0.25, 0.3) is 0 Å². The van der Waals surface area contributed by atoms with Crippen LogP contribution in [0.3, 0.4) is 0 Å². The lowest BCUT2D eigenvalue weighted by Crippen LogP contribution is -2.47. The van der Waals surface area contributed by atoms with Gasteiger partial charge in [-0.25, -0.2) is 4.79 Å². The highest BCUT2D eigenvalue weighted by atomic mass is 16.4. The third-order valence-electron chi connectivity index (χ3n) is 3.86. The molecule has 2 heterocycles. The van der Waals surface area contributed by atoms with Crippen molar-refractivity contribution in [3.8, 4) is 0 Å². The van der Waals surface area contributed by atoms with Crippen LogP contribution >= 0.6 is 0 Å². The number of carbonyl (C=O) groups is 1. The van der Waals surface area contributed by atoms with Crippen molar-refractivity contribution in [1.82, 2.24) is 15.1 Å². The molecule has 0 amide bonds. The Hall–Kier alpha value is -1.69. The predicted octanol–water partition coefficient (Wildman–Crippen LogP) is 1.32. The van der Waals surface area contributed by atoms with E-state index in [0.29, 0.717) is 22.6 Å². The van der Waals surface area contributed by atoms with Crippen LogP contribution in [0.5, 0.6) is 0 Å². The Kier molecular flexibility index (Phi) is 4.54. The molecule has 0 spiro atoms. The average Bonchev–Trinajstić information content (AvgIpc) is 2.42. The molecule has 1 saturated heterocycles. The maximum Gasteiger partial charge on any atom is 0.339 e. The highest BCUT2D eigenvalue weighted by Crippen LogP contribution is 2.23. The number of carboxylic acid groups (broad SMARTS) is 1. The maximum absolute atomic E-state index is 11.5. The maximum atomic E-state index is 11.5. The summed E-state index contributed by atoms with van der Waals surface area (Å²) < 4.78 is 0. The van der Waals surface area contributed by atoms with E-state index in [0.717, 1.165) is 39.1 Å². The first-order valence-corrected chi connectivity index (χ1v) is 7.09. The van der Waals surface area contributed by atoms with Gasteiger partial charge in [-0.15, -0.1) is 5.10 Å². The molecular formula is C14H22N4O2. The average molecular weight is 278 g/mol. The second-order valence-electron chi connectivity index (χ2n) is 5.24. The summed E-state index contributed by atoms with van der Waals surface area (Å²) >= 11 is 0. The lowest BCUT2D eigenvalue weighted by Gasteiger charge is -2.35. The van der Waals surface area contributed by atoms with E-state index >= 15 is 0 Å². The molecule has 0 unspecified atom stereocenters. The topological polar surface area (TPSA) is 69.6 Å². The number of hydrogen-bond acceptors (Lipinski definition) is 5. The summed E-state index contributed by atoms with van der Waals surface area (Å²) in [5.41, 5.74) is 1.68. The van der Waals surface area contributed by atoms with E-state index in [-0.39, 0.29) is 0 Å². The molecule has 1 aliphatic heterocycles. The SMILES string of the molecule is CCCN1CCN(c2nnc(C)c(C)c2C(=O)O)CC1. The zero-order valence-electron chi connectivity index (χ0n) is 12.4. The largest absolute Gasteiger partial charge is 0.478 e. The summed E-state index contributed by atoms with van der Waals surface area (Å²) in [5, 5.41) is 17.6. The lowest BCUT2D eigenvalue weighted by molar-refractivity contribution is 0.0695. The van der Waals surface area contributed by atoms with Crippen LogP contribution in [-0.4, -0.2) is 58.9 Å². The van der Waals surface area contributed by atoms with Gasteiger partial charge in [-0.05, 0) is 32.4 Å². The van der Waals surface area contributed by atoms with Crippen molar-refractivity contribution in [3.63, 3.8) is 0 Å². The molecule has 0 bridgehead atoms. The fourth-order valence-corrected chi connectivity index (χ4v) is 2.57. The number of hydrogen-bond donors (Lipinski definition) is 1. The zero-order chi connectivity index (χ0) is 14.7. The first-order chi connectivity index (χ1) is 9.54. The predicted molar refractivity (Wildman–Crippen MR) is 77.4 cm³/mol. The normalized spacial score (nSPS) is 16.4. The Morgan fingerprint density at radius 2 is 1.85 bits per heavy atom. The molecule has 0 radical (unpaired) electrons. The van der Waals surface area contributed by atoms with Crippen molar-refractivity contribution in [3.05, 3.63) is 16.8 Å². The Balaban J connectivity index is 2.22.